The molecule has 1 fully saturated rings. The minimum Gasteiger partial charge on any atom is -0.495 e. The molecule has 5 N–H and O–H groups in total. The molecule has 0 saturated carbocycles. The molecule has 3 amide bonds. The van der Waals surface area contributed by atoms with Crippen molar-refractivity contribution in [1.29, 1.82) is 5.26 Å². The summed E-state index contributed by atoms with van der Waals surface area (Å²) < 4.78 is 7.28. The Morgan fingerprint density at radius 1 is 1.29 bits per heavy atom. The molecule has 41 heavy (non-hydrogen) atoms. The molecule has 0 radical (unpaired) electrons. The van der Waals surface area contributed by atoms with Crippen LogP contribution in [0.4, 0.5) is 23.1 Å². The standard InChI is InChI=1S/C27H30N10O4/c1-4-22(38)36-9-5-6-19(15-36)37-14-18(12-32-37)33-27-31-13-20(24(29)39)25(35-27)34-23-16(2)10-17(11-21(23)41-3)26(40)30-8-7-28/h4,10-14,19H,1,5-6,8-9,15H2,2-3H3,(H2,29,39)(H,30,40)(H2,31,33,34,35). The smallest absolute Gasteiger partial charge is 0.254 e. The van der Waals surface area contributed by atoms with Gasteiger partial charge in [-0.15, -0.1) is 0 Å². The van der Waals surface area contributed by atoms with Crippen molar-refractivity contribution in [1.82, 2.24) is 30.0 Å². The monoisotopic (exact) mass is 558 g/mol. The Bertz CT molecular complexity index is 1530. The van der Waals surface area contributed by atoms with E-state index in [1.165, 1.54) is 25.4 Å². The van der Waals surface area contributed by atoms with Crippen LogP contribution in [-0.2, 0) is 4.79 Å². The summed E-state index contributed by atoms with van der Waals surface area (Å²) in [6.07, 6.45) is 7.77. The van der Waals surface area contributed by atoms with E-state index >= 15 is 0 Å². The molecule has 4 rings (SSSR count). The molecule has 0 bridgehead atoms. The fraction of sp³-hybridized carbons (Fsp3) is 0.296. The van der Waals surface area contributed by atoms with Crippen LogP contribution in [0.25, 0.3) is 0 Å². The number of primary amides is 1. The summed E-state index contributed by atoms with van der Waals surface area (Å²) in [5.74, 6) is -0.670. The first kappa shape index (κ1) is 28.6. The Morgan fingerprint density at radius 2 is 2.10 bits per heavy atom. The third-order valence-electron chi connectivity index (χ3n) is 6.52. The van der Waals surface area contributed by atoms with Crippen molar-refractivity contribution in [2.24, 2.45) is 5.73 Å². The van der Waals surface area contributed by atoms with Crippen molar-refractivity contribution in [3.63, 3.8) is 0 Å². The Balaban J connectivity index is 1.57. The van der Waals surface area contributed by atoms with Gasteiger partial charge in [-0.25, -0.2) is 4.98 Å². The van der Waals surface area contributed by atoms with Crippen molar-refractivity contribution < 1.29 is 19.1 Å². The van der Waals surface area contributed by atoms with E-state index in [1.54, 1.807) is 35.0 Å². The number of anilines is 4. The lowest BCUT2D eigenvalue weighted by Gasteiger charge is -2.32. The summed E-state index contributed by atoms with van der Waals surface area (Å²) in [6, 6.07) is 5.00. The normalized spacial score (nSPS) is 14.5. The number of carbonyl (C=O) groups is 3. The van der Waals surface area contributed by atoms with Gasteiger partial charge in [-0.2, -0.15) is 15.3 Å². The van der Waals surface area contributed by atoms with E-state index in [0.717, 1.165) is 12.8 Å². The summed E-state index contributed by atoms with van der Waals surface area (Å²) in [5, 5.41) is 21.8. The molecule has 1 atom stereocenters. The van der Waals surface area contributed by atoms with Crippen molar-refractivity contribution >= 4 is 40.9 Å². The molecule has 0 spiro atoms. The predicted molar refractivity (Wildman–Crippen MR) is 150 cm³/mol. The van der Waals surface area contributed by atoms with E-state index < -0.39 is 11.8 Å². The number of likely N-dealkylation sites (tertiary alicyclic amines) is 1. The number of benzene rings is 1. The topological polar surface area (TPSA) is 193 Å². The van der Waals surface area contributed by atoms with Crippen molar-refractivity contribution in [2.45, 2.75) is 25.8 Å². The second-order valence-electron chi connectivity index (χ2n) is 9.27. The minimum atomic E-state index is -0.744. The first-order valence-electron chi connectivity index (χ1n) is 12.7. The molecular formula is C27H30N10O4. The molecule has 1 aliphatic rings. The average Bonchev–Trinajstić information content (AvgIpc) is 3.44. The Hall–Kier alpha value is -5.45. The van der Waals surface area contributed by atoms with E-state index in [9.17, 15) is 14.4 Å². The van der Waals surface area contributed by atoms with E-state index in [1.807, 2.05) is 6.07 Å². The third-order valence-corrected chi connectivity index (χ3v) is 6.52. The van der Waals surface area contributed by atoms with Crippen LogP contribution in [0.15, 0.2) is 43.4 Å². The van der Waals surface area contributed by atoms with Crippen molar-refractivity contribution in [2.75, 3.05) is 37.4 Å². The lowest BCUT2D eigenvalue weighted by atomic mass is 10.1. The molecule has 3 aromatic rings. The number of rotatable bonds is 10. The van der Waals surface area contributed by atoms with Gasteiger partial charge in [0.15, 0.2) is 0 Å². The maximum atomic E-state index is 12.4. The first-order valence-corrected chi connectivity index (χ1v) is 12.7. The fourth-order valence-corrected chi connectivity index (χ4v) is 4.50. The quantitative estimate of drug-likeness (QED) is 0.212. The van der Waals surface area contributed by atoms with Gasteiger partial charge in [-0.3, -0.25) is 19.1 Å². The molecule has 3 heterocycles. The zero-order chi connectivity index (χ0) is 29.5. The molecule has 1 aromatic carbocycles. The Kier molecular flexibility index (Phi) is 8.78. The number of nitrogens with two attached hydrogens (primary N) is 1. The summed E-state index contributed by atoms with van der Waals surface area (Å²) in [7, 11) is 1.44. The van der Waals surface area contributed by atoms with E-state index in [-0.39, 0.29) is 35.8 Å². The maximum Gasteiger partial charge on any atom is 0.254 e. The lowest BCUT2D eigenvalue weighted by molar-refractivity contribution is -0.127. The van der Waals surface area contributed by atoms with Crippen molar-refractivity contribution in [3.8, 4) is 11.8 Å². The number of hydrogen-bond donors (Lipinski definition) is 4. The fourth-order valence-electron chi connectivity index (χ4n) is 4.50. The third kappa shape index (κ3) is 6.59. The number of aromatic nitrogens is 4. The van der Waals surface area contributed by atoms with Crippen LogP contribution < -0.4 is 26.4 Å². The number of amides is 3. The zero-order valence-corrected chi connectivity index (χ0v) is 22.7. The van der Waals surface area contributed by atoms with Gasteiger partial charge in [0.2, 0.25) is 11.9 Å². The number of nitriles is 1. The van der Waals surface area contributed by atoms with Gasteiger partial charge in [0, 0.05) is 31.0 Å². The Morgan fingerprint density at radius 3 is 2.80 bits per heavy atom. The number of piperidine rings is 1. The Labute approximate surface area is 236 Å². The number of methoxy groups -OCH3 is 1. The average molecular weight is 559 g/mol. The summed E-state index contributed by atoms with van der Waals surface area (Å²) in [4.78, 5) is 47.0. The maximum absolute atomic E-state index is 12.4. The highest BCUT2D eigenvalue weighted by atomic mass is 16.5. The predicted octanol–water partition coefficient (Wildman–Crippen LogP) is 2.18. The van der Waals surface area contributed by atoms with E-state index in [4.69, 9.17) is 15.7 Å². The van der Waals surface area contributed by atoms with Gasteiger partial charge in [0.25, 0.3) is 11.8 Å². The van der Waals surface area contributed by atoms with Gasteiger partial charge >= 0.3 is 0 Å². The zero-order valence-electron chi connectivity index (χ0n) is 22.7. The molecule has 1 unspecified atom stereocenters. The van der Waals surface area contributed by atoms with Crippen LogP contribution in [0.2, 0.25) is 0 Å². The summed E-state index contributed by atoms with van der Waals surface area (Å²) in [5.41, 5.74) is 7.60. The van der Waals surface area contributed by atoms with E-state index in [2.05, 4.69) is 37.6 Å². The van der Waals surface area contributed by atoms with Gasteiger partial charge < -0.3 is 31.3 Å². The minimum absolute atomic E-state index is 0.0129. The molecule has 14 heteroatoms. The van der Waals surface area contributed by atoms with Crippen LogP contribution in [0, 0.1) is 18.3 Å². The molecular weight excluding hydrogens is 528 g/mol. The van der Waals surface area contributed by atoms with Crippen LogP contribution in [-0.4, -0.2) is 69.1 Å². The summed E-state index contributed by atoms with van der Waals surface area (Å²) in [6.45, 7) is 6.40. The van der Waals surface area contributed by atoms with Gasteiger partial charge in [0.1, 0.15) is 23.7 Å². The highest BCUT2D eigenvalue weighted by Crippen LogP contribution is 2.33. The highest BCUT2D eigenvalue weighted by molar-refractivity contribution is 5.99. The molecule has 14 nitrogen and oxygen atoms in total. The van der Waals surface area contributed by atoms with Crippen LogP contribution in [0.3, 0.4) is 0 Å². The second-order valence-corrected chi connectivity index (χ2v) is 9.27. The number of ether oxygens (including phenoxy) is 1. The number of hydrogen-bond acceptors (Lipinski definition) is 10. The largest absolute Gasteiger partial charge is 0.495 e. The SMILES string of the molecule is C=CC(=O)N1CCCC(n2cc(Nc3ncc(C(N)=O)c(Nc4c(C)cc(C(=O)NCC#N)cc4OC)n3)cn2)C1. The molecule has 212 valence electrons. The number of nitrogens with zero attached hydrogens (tertiary/aromatic N) is 6. The number of carbonyl (C=O) groups excluding carboxylic acids is 3. The molecule has 1 aliphatic heterocycles. The van der Waals surface area contributed by atoms with Gasteiger partial charge in [-0.1, -0.05) is 6.58 Å². The van der Waals surface area contributed by atoms with Crippen molar-refractivity contribution in [3.05, 3.63) is 60.1 Å². The van der Waals surface area contributed by atoms with Gasteiger partial charge in [-0.05, 0) is 43.5 Å². The molecule has 2 aromatic heterocycles. The number of aryl methyl sites for hydroxylation is 1. The van der Waals surface area contributed by atoms with E-state index in [0.29, 0.717) is 41.3 Å². The molecule has 0 aliphatic carbocycles. The molecule has 1 saturated heterocycles. The highest BCUT2D eigenvalue weighted by Gasteiger charge is 2.24. The van der Waals surface area contributed by atoms with Crippen LogP contribution >= 0.6 is 0 Å². The lowest BCUT2D eigenvalue weighted by Crippen LogP contribution is -2.39. The second kappa shape index (κ2) is 12.6. The first-order chi connectivity index (χ1) is 19.7. The van der Waals surface area contributed by atoms with Crippen LogP contribution in [0.5, 0.6) is 5.75 Å². The van der Waals surface area contributed by atoms with Crippen LogP contribution in [0.1, 0.15) is 45.2 Å². The number of nitrogens with one attached hydrogen (secondary N) is 3. The summed E-state index contributed by atoms with van der Waals surface area (Å²) >= 11 is 0. The van der Waals surface area contributed by atoms with Gasteiger partial charge in [0.05, 0.1) is 36.8 Å².